The summed E-state index contributed by atoms with van der Waals surface area (Å²) < 4.78 is 10.9. The standard InChI is InChI=1S/C28H34N2O3/c1-4-6-7-8-18-32-21(3)28(31)33-26-19-29-27(30-20-26)25-16-14-24(15-17-25)23-12-10-22(9-5-2)11-13-23/h10-17,19-21H,4-9,18H2,1-3H3/t21-/m0/s1. The largest absolute Gasteiger partial charge is 0.421 e. The Kier molecular flexibility index (Phi) is 9.58. The number of aryl methyl sites for hydroxylation is 1. The van der Waals surface area contributed by atoms with Gasteiger partial charge in [0, 0.05) is 12.2 Å². The molecule has 0 unspecified atom stereocenters. The van der Waals surface area contributed by atoms with Crippen LogP contribution >= 0.6 is 0 Å². The number of hydrogen-bond donors (Lipinski definition) is 0. The van der Waals surface area contributed by atoms with Crippen molar-refractivity contribution in [2.45, 2.75) is 65.4 Å². The van der Waals surface area contributed by atoms with Gasteiger partial charge in [0.05, 0.1) is 12.4 Å². The summed E-state index contributed by atoms with van der Waals surface area (Å²) >= 11 is 0. The molecule has 0 fully saturated rings. The maximum atomic E-state index is 12.2. The van der Waals surface area contributed by atoms with E-state index < -0.39 is 12.1 Å². The van der Waals surface area contributed by atoms with Crippen LogP contribution in [0.15, 0.2) is 60.9 Å². The van der Waals surface area contributed by atoms with Gasteiger partial charge in [0.15, 0.2) is 17.7 Å². The number of hydrogen-bond acceptors (Lipinski definition) is 5. The number of unbranched alkanes of at least 4 members (excludes halogenated alkanes) is 3. The summed E-state index contributed by atoms with van der Waals surface area (Å²) in [6.07, 6.45) is 9.10. The summed E-state index contributed by atoms with van der Waals surface area (Å²) in [5.41, 5.74) is 4.60. The molecule has 5 nitrogen and oxygen atoms in total. The maximum Gasteiger partial charge on any atom is 0.340 e. The Bertz CT molecular complexity index is 983. The quantitative estimate of drug-likeness (QED) is 0.230. The molecule has 0 aliphatic carbocycles. The third-order valence-corrected chi connectivity index (χ3v) is 5.51. The molecule has 2 aromatic carbocycles. The number of esters is 1. The number of rotatable bonds is 12. The summed E-state index contributed by atoms with van der Waals surface area (Å²) in [6.45, 7) is 6.62. The van der Waals surface area contributed by atoms with Crippen molar-refractivity contribution in [3.05, 3.63) is 66.5 Å². The number of ether oxygens (including phenoxy) is 2. The van der Waals surface area contributed by atoms with Crippen molar-refractivity contribution < 1.29 is 14.3 Å². The van der Waals surface area contributed by atoms with E-state index in [0.717, 1.165) is 36.8 Å². The molecule has 0 spiro atoms. The molecule has 0 amide bonds. The molecule has 33 heavy (non-hydrogen) atoms. The Hall–Kier alpha value is -3.05. The SMILES string of the molecule is CCCCCCO[C@@H](C)C(=O)Oc1cnc(-c2ccc(-c3ccc(CCC)cc3)cc2)nc1. The zero-order chi connectivity index (χ0) is 23.5. The van der Waals surface area contributed by atoms with Crippen molar-refractivity contribution >= 4 is 5.97 Å². The van der Waals surface area contributed by atoms with Crippen LogP contribution in [0.5, 0.6) is 5.75 Å². The van der Waals surface area contributed by atoms with E-state index in [-0.39, 0.29) is 0 Å². The highest BCUT2D eigenvalue weighted by molar-refractivity contribution is 5.76. The maximum absolute atomic E-state index is 12.2. The first kappa shape index (κ1) is 24.6. The van der Waals surface area contributed by atoms with Crippen molar-refractivity contribution in [3.8, 4) is 28.3 Å². The van der Waals surface area contributed by atoms with Crippen LogP contribution in [0.1, 0.15) is 58.4 Å². The molecule has 0 aliphatic heterocycles. The van der Waals surface area contributed by atoms with Gasteiger partial charge >= 0.3 is 5.97 Å². The summed E-state index contributed by atoms with van der Waals surface area (Å²) in [7, 11) is 0. The minimum Gasteiger partial charge on any atom is -0.421 e. The third kappa shape index (κ3) is 7.50. The predicted molar refractivity (Wildman–Crippen MR) is 132 cm³/mol. The van der Waals surface area contributed by atoms with Gasteiger partial charge in [-0.25, -0.2) is 14.8 Å². The average molecular weight is 447 g/mol. The molecule has 0 bridgehead atoms. The Morgan fingerprint density at radius 2 is 1.42 bits per heavy atom. The second-order valence-corrected chi connectivity index (χ2v) is 8.26. The number of carbonyl (C=O) groups is 1. The molecule has 174 valence electrons. The van der Waals surface area contributed by atoms with Crippen LogP contribution in [0, 0.1) is 0 Å². The molecule has 1 aromatic heterocycles. The fraction of sp³-hybridized carbons (Fsp3) is 0.393. The summed E-state index contributed by atoms with van der Waals surface area (Å²) in [5.74, 6) is 0.463. The Morgan fingerprint density at radius 3 is 2.03 bits per heavy atom. The predicted octanol–water partition coefficient (Wildman–Crippen LogP) is 6.65. The topological polar surface area (TPSA) is 61.3 Å². The van der Waals surface area contributed by atoms with E-state index in [2.05, 4.69) is 60.2 Å². The summed E-state index contributed by atoms with van der Waals surface area (Å²) in [4.78, 5) is 20.9. The van der Waals surface area contributed by atoms with Crippen molar-refractivity contribution in [1.29, 1.82) is 0 Å². The summed E-state index contributed by atoms with van der Waals surface area (Å²) in [5, 5.41) is 0. The molecule has 1 atom stereocenters. The van der Waals surface area contributed by atoms with Crippen LogP contribution in [0.4, 0.5) is 0 Å². The third-order valence-electron chi connectivity index (χ3n) is 5.51. The number of carbonyl (C=O) groups excluding carboxylic acids is 1. The van der Waals surface area contributed by atoms with Gasteiger partial charge in [0.2, 0.25) is 0 Å². The lowest BCUT2D eigenvalue weighted by atomic mass is 10.0. The van der Waals surface area contributed by atoms with Crippen molar-refractivity contribution in [2.24, 2.45) is 0 Å². The van der Waals surface area contributed by atoms with E-state index in [9.17, 15) is 4.79 Å². The molecule has 5 heteroatoms. The smallest absolute Gasteiger partial charge is 0.340 e. The molecule has 1 heterocycles. The van der Waals surface area contributed by atoms with Gasteiger partial charge in [-0.05, 0) is 36.5 Å². The molecule has 0 saturated carbocycles. The minimum absolute atomic E-state index is 0.314. The lowest BCUT2D eigenvalue weighted by molar-refractivity contribution is -0.146. The van der Waals surface area contributed by atoms with Gasteiger partial charge in [-0.2, -0.15) is 0 Å². The molecule has 0 N–H and O–H groups in total. The van der Waals surface area contributed by atoms with Gasteiger partial charge in [-0.1, -0.05) is 88.1 Å². The molecule has 0 saturated heterocycles. The molecular formula is C28H34N2O3. The van der Waals surface area contributed by atoms with E-state index in [1.54, 1.807) is 6.92 Å². The first-order valence-electron chi connectivity index (χ1n) is 12.0. The lowest BCUT2D eigenvalue weighted by Gasteiger charge is -2.12. The van der Waals surface area contributed by atoms with Gasteiger partial charge in [-0.15, -0.1) is 0 Å². The lowest BCUT2D eigenvalue weighted by Crippen LogP contribution is -2.26. The van der Waals surface area contributed by atoms with E-state index in [1.165, 1.54) is 36.4 Å². The first-order chi connectivity index (χ1) is 16.1. The van der Waals surface area contributed by atoms with Crippen LogP contribution in [0.3, 0.4) is 0 Å². The fourth-order valence-electron chi connectivity index (χ4n) is 3.54. The first-order valence-corrected chi connectivity index (χ1v) is 12.0. The number of benzene rings is 2. The van der Waals surface area contributed by atoms with Crippen molar-refractivity contribution in [2.75, 3.05) is 6.61 Å². The van der Waals surface area contributed by atoms with E-state index in [0.29, 0.717) is 18.2 Å². The Morgan fingerprint density at radius 1 is 0.818 bits per heavy atom. The van der Waals surface area contributed by atoms with Crippen LogP contribution in [0.2, 0.25) is 0 Å². The highest BCUT2D eigenvalue weighted by atomic mass is 16.6. The van der Waals surface area contributed by atoms with Crippen LogP contribution in [0.25, 0.3) is 22.5 Å². The zero-order valence-electron chi connectivity index (χ0n) is 19.9. The van der Waals surface area contributed by atoms with Crippen molar-refractivity contribution in [3.63, 3.8) is 0 Å². The zero-order valence-corrected chi connectivity index (χ0v) is 19.9. The second kappa shape index (κ2) is 12.9. The molecule has 0 aliphatic rings. The van der Waals surface area contributed by atoms with Gasteiger partial charge < -0.3 is 9.47 Å². The van der Waals surface area contributed by atoms with E-state index in [4.69, 9.17) is 9.47 Å². The average Bonchev–Trinajstić information content (AvgIpc) is 2.85. The van der Waals surface area contributed by atoms with E-state index >= 15 is 0 Å². The van der Waals surface area contributed by atoms with Gasteiger partial charge in [0.25, 0.3) is 0 Å². The molecule has 3 rings (SSSR count). The monoisotopic (exact) mass is 446 g/mol. The number of nitrogens with zero attached hydrogens (tertiary/aromatic N) is 2. The van der Waals surface area contributed by atoms with Crippen LogP contribution < -0.4 is 4.74 Å². The second-order valence-electron chi connectivity index (χ2n) is 8.26. The van der Waals surface area contributed by atoms with Crippen molar-refractivity contribution in [1.82, 2.24) is 9.97 Å². The Labute approximate surface area is 197 Å². The summed E-state index contributed by atoms with van der Waals surface area (Å²) in [6, 6.07) is 16.9. The van der Waals surface area contributed by atoms with Crippen LogP contribution in [-0.2, 0) is 16.0 Å². The molecule has 0 radical (unpaired) electrons. The van der Waals surface area contributed by atoms with Gasteiger partial charge in [0.1, 0.15) is 0 Å². The van der Waals surface area contributed by atoms with Crippen LogP contribution in [-0.4, -0.2) is 28.6 Å². The highest BCUT2D eigenvalue weighted by Crippen LogP contribution is 2.24. The fourth-order valence-corrected chi connectivity index (χ4v) is 3.54. The Balaban J connectivity index is 1.54. The highest BCUT2D eigenvalue weighted by Gasteiger charge is 2.16. The molecule has 3 aromatic rings. The normalized spacial score (nSPS) is 11.8. The number of aromatic nitrogens is 2. The van der Waals surface area contributed by atoms with E-state index in [1.807, 2.05) is 12.1 Å². The molecular weight excluding hydrogens is 412 g/mol. The minimum atomic E-state index is -0.616. The van der Waals surface area contributed by atoms with Gasteiger partial charge in [-0.3, -0.25) is 0 Å².